The summed E-state index contributed by atoms with van der Waals surface area (Å²) in [5.41, 5.74) is 1.97. The van der Waals surface area contributed by atoms with Gasteiger partial charge in [0.15, 0.2) is 0 Å². The van der Waals surface area contributed by atoms with E-state index in [1.165, 1.54) is 4.90 Å². The number of nitrogens with zero attached hydrogens (tertiary/aromatic N) is 3. The molecule has 36 heavy (non-hydrogen) atoms. The number of carbonyl (C=O) groups excluding carboxylic acids is 3. The van der Waals surface area contributed by atoms with Crippen molar-refractivity contribution in [3.05, 3.63) is 59.1 Å². The predicted octanol–water partition coefficient (Wildman–Crippen LogP) is 3.53. The van der Waals surface area contributed by atoms with E-state index in [0.717, 1.165) is 30.1 Å². The SMILES string of the molecule is COc1ccc(CN2C(=O)NC3CC(C(=O)N4CCN(c5ccc(Cl)cc5)CC4)CCC3C2=O)cc1. The van der Waals surface area contributed by atoms with Crippen LogP contribution in [0.2, 0.25) is 5.02 Å². The van der Waals surface area contributed by atoms with E-state index in [-0.39, 0.29) is 42.3 Å². The van der Waals surface area contributed by atoms with Crippen molar-refractivity contribution in [2.24, 2.45) is 11.8 Å². The molecule has 2 aromatic rings. The summed E-state index contributed by atoms with van der Waals surface area (Å²) in [6.45, 7) is 3.07. The van der Waals surface area contributed by atoms with Gasteiger partial charge in [-0.2, -0.15) is 0 Å². The first kappa shape index (κ1) is 24.4. The van der Waals surface area contributed by atoms with Crippen molar-refractivity contribution in [2.45, 2.75) is 31.8 Å². The molecule has 1 aliphatic carbocycles. The molecule has 2 aliphatic heterocycles. The number of ether oxygens (including phenoxy) is 1. The molecule has 4 amide bonds. The highest BCUT2D eigenvalue weighted by Gasteiger charge is 2.46. The second-order valence-electron chi connectivity index (χ2n) is 9.73. The van der Waals surface area contributed by atoms with Crippen LogP contribution in [0.25, 0.3) is 0 Å². The van der Waals surface area contributed by atoms with Crippen LogP contribution in [-0.2, 0) is 16.1 Å². The fourth-order valence-electron chi connectivity index (χ4n) is 5.55. The number of nitrogens with one attached hydrogen (secondary N) is 1. The molecule has 2 aromatic carbocycles. The molecule has 0 radical (unpaired) electrons. The Hall–Kier alpha value is -3.26. The molecule has 1 saturated carbocycles. The van der Waals surface area contributed by atoms with E-state index in [9.17, 15) is 14.4 Å². The molecule has 0 bridgehead atoms. The Morgan fingerprint density at radius 3 is 2.36 bits per heavy atom. The molecular weight excluding hydrogens is 480 g/mol. The Bertz CT molecular complexity index is 1120. The van der Waals surface area contributed by atoms with Crippen LogP contribution in [0.5, 0.6) is 5.75 Å². The smallest absolute Gasteiger partial charge is 0.324 e. The molecule has 0 aromatic heterocycles. The van der Waals surface area contributed by atoms with E-state index in [1.807, 2.05) is 53.4 Å². The molecule has 3 fully saturated rings. The lowest BCUT2D eigenvalue weighted by molar-refractivity contribution is -0.143. The average molecular weight is 511 g/mol. The van der Waals surface area contributed by atoms with E-state index in [1.54, 1.807) is 7.11 Å². The van der Waals surface area contributed by atoms with Gasteiger partial charge in [-0.1, -0.05) is 23.7 Å². The van der Waals surface area contributed by atoms with Gasteiger partial charge in [-0.25, -0.2) is 4.79 Å². The highest BCUT2D eigenvalue weighted by Crippen LogP contribution is 2.35. The first-order chi connectivity index (χ1) is 17.4. The van der Waals surface area contributed by atoms with Crippen LogP contribution in [0.15, 0.2) is 48.5 Å². The number of hydrogen-bond acceptors (Lipinski definition) is 5. The standard InChI is InChI=1S/C27H31ClN4O4/c1-36-22-9-2-18(3-10-22)17-32-26(34)23-11-4-19(16-24(23)29-27(32)35)25(33)31-14-12-30(13-15-31)21-7-5-20(28)6-8-21/h2-3,5-10,19,23-24H,4,11-17H2,1H3,(H,29,35). The number of amides is 4. The molecule has 8 nitrogen and oxygen atoms in total. The molecule has 3 atom stereocenters. The molecule has 3 aliphatic rings. The van der Waals surface area contributed by atoms with Crippen LogP contribution in [0, 0.1) is 11.8 Å². The quantitative estimate of drug-likeness (QED) is 0.665. The Labute approximate surface area is 216 Å². The minimum Gasteiger partial charge on any atom is -0.497 e. The van der Waals surface area contributed by atoms with E-state index in [4.69, 9.17) is 16.3 Å². The van der Waals surface area contributed by atoms with Gasteiger partial charge >= 0.3 is 6.03 Å². The van der Waals surface area contributed by atoms with Crippen molar-refractivity contribution in [1.29, 1.82) is 0 Å². The predicted molar refractivity (Wildman–Crippen MR) is 137 cm³/mol. The summed E-state index contributed by atoms with van der Waals surface area (Å²) in [6.07, 6.45) is 1.77. The Balaban J connectivity index is 1.16. The summed E-state index contributed by atoms with van der Waals surface area (Å²) in [6, 6.07) is 14.4. The van der Waals surface area contributed by atoms with Crippen LogP contribution >= 0.6 is 11.6 Å². The summed E-state index contributed by atoms with van der Waals surface area (Å²) < 4.78 is 5.18. The highest BCUT2D eigenvalue weighted by molar-refractivity contribution is 6.30. The van der Waals surface area contributed by atoms with Gasteiger partial charge in [-0.3, -0.25) is 14.5 Å². The molecule has 2 saturated heterocycles. The first-order valence-corrected chi connectivity index (χ1v) is 12.8. The Kier molecular flexibility index (Phi) is 7.05. The maximum atomic E-state index is 13.3. The lowest BCUT2D eigenvalue weighted by atomic mass is 9.76. The third-order valence-electron chi connectivity index (χ3n) is 7.62. The number of halogens is 1. The van der Waals surface area contributed by atoms with Gasteiger partial charge in [-0.05, 0) is 61.2 Å². The van der Waals surface area contributed by atoms with Gasteiger partial charge < -0.3 is 19.9 Å². The van der Waals surface area contributed by atoms with E-state index < -0.39 is 0 Å². The molecule has 5 rings (SSSR count). The number of imide groups is 1. The fourth-order valence-corrected chi connectivity index (χ4v) is 5.67. The molecule has 2 heterocycles. The summed E-state index contributed by atoms with van der Waals surface area (Å²) in [5.74, 6) is 0.248. The van der Waals surface area contributed by atoms with Crippen molar-refractivity contribution in [3.63, 3.8) is 0 Å². The van der Waals surface area contributed by atoms with Gasteiger partial charge in [0.25, 0.3) is 0 Å². The third-order valence-corrected chi connectivity index (χ3v) is 7.87. The molecular formula is C27H31ClN4O4. The summed E-state index contributed by atoms with van der Waals surface area (Å²) in [5, 5.41) is 3.72. The van der Waals surface area contributed by atoms with E-state index in [2.05, 4.69) is 10.2 Å². The fraction of sp³-hybridized carbons (Fsp3) is 0.444. The minimum atomic E-state index is -0.387. The van der Waals surface area contributed by atoms with Crippen LogP contribution < -0.4 is 15.0 Å². The number of benzene rings is 2. The van der Waals surface area contributed by atoms with Gasteiger partial charge in [0, 0.05) is 48.8 Å². The van der Waals surface area contributed by atoms with Crippen LogP contribution in [0.1, 0.15) is 24.8 Å². The number of anilines is 1. The Morgan fingerprint density at radius 2 is 1.69 bits per heavy atom. The summed E-state index contributed by atoms with van der Waals surface area (Å²) >= 11 is 6.00. The van der Waals surface area contributed by atoms with E-state index >= 15 is 0 Å². The zero-order chi connectivity index (χ0) is 25.2. The van der Waals surface area contributed by atoms with Crippen molar-refractivity contribution in [2.75, 3.05) is 38.2 Å². The van der Waals surface area contributed by atoms with Gasteiger partial charge in [-0.15, -0.1) is 0 Å². The van der Waals surface area contributed by atoms with Crippen molar-refractivity contribution in [3.8, 4) is 5.75 Å². The molecule has 0 spiro atoms. The summed E-state index contributed by atoms with van der Waals surface area (Å²) in [7, 11) is 1.60. The highest BCUT2D eigenvalue weighted by atomic mass is 35.5. The number of piperazine rings is 1. The lowest BCUT2D eigenvalue weighted by Crippen LogP contribution is -2.62. The maximum Gasteiger partial charge on any atom is 0.324 e. The minimum absolute atomic E-state index is 0.131. The number of carbonyl (C=O) groups is 3. The number of hydrogen-bond donors (Lipinski definition) is 1. The monoisotopic (exact) mass is 510 g/mol. The van der Waals surface area contributed by atoms with Crippen LogP contribution in [-0.4, -0.2) is 67.0 Å². The average Bonchev–Trinajstić information content (AvgIpc) is 2.91. The maximum absolute atomic E-state index is 13.3. The second kappa shape index (κ2) is 10.4. The zero-order valence-corrected chi connectivity index (χ0v) is 21.1. The third kappa shape index (κ3) is 5.00. The van der Waals surface area contributed by atoms with Gasteiger partial charge in [0.2, 0.25) is 11.8 Å². The largest absolute Gasteiger partial charge is 0.497 e. The topological polar surface area (TPSA) is 82.2 Å². The number of fused-ring (bicyclic) bond motifs is 1. The van der Waals surface area contributed by atoms with Crippen LogP contribution in [0.3, 0.4) is 0 Å². The van der Waals surface area contributed by atoms with Crippen molar-refractivity contribution >= 4 is 35.1 Å². The van der Waals surface area contributed by atoms with Gasteiger partial charge in [0.05, 0.1) is 19.6 Å². The normalized spacial score (nSPS) is 24.3. The number of methoxy groups -OCH3 is 1. The first-order valence-electron chi connectivity index (χ1n) is 12.5. The van der Waals surface area contributed by atoms with Crippen molar-refractivity contribution < 1.29 is 19.1 Å². The molecule has 9 heteroatoms. The summed E-state index contributed by atoms with van der Waals surface area (Å²) in [4.78, 5) is 44.8. The number of rotatable bonds is 5. The number of urea groups is 1. The Morgan fingerprint density at radius 1 is 1.00 bits per heavy atom. The lowest BCUT2D eigenvalue weighted by Gasteiger charge is -2.43. The zero-order valence-electron chi connectivity index (χ0n) is 20.4. The molecule has 190 valence electrons. The van der Waals surface area contributed by atoms with E-state index in [0.29, 0.717) is 37.4 Å². The molecule has 3 unspecified atom stereocenters. The van der Waals surface area contributed by atoms with Crippen LogP contribution in [0.4, 0.5) is 10.5 Å². The van der Waals surface area contributed by atoms with Gasteiger partial charge in [0.1, 0.15) is 5.75 Å². The van der Waals surface area contributed by atoms with Crippen molar-refractivity contribution in [1.82, 2.24) is 15.1 Å². The second-order valence-corrected chi connectivity index (χ2v) is 10.2. The molecule has 1 N–H and O–H groups in total.